The number of hydrogen-bond donors (Lipinski definition) is 2. The molecular weight excluding hydrogens is 252 g/mol. The first kappa shape index (κ1) is 12.4. The van der Waals surface area contributed by atoms with Gasteiger partial charge in [-0.2, -0.15) is 11.3 Å². The van der Waals surface area contributed by atoms with Crippen LogP contribution in [0.4, 0.5) is 5.69 Å². The number of benzene rings is 1. The van der Waals surface area contributed by atoms with Crippen LogP contribution in [0, 0.1) is 6.92 Å². The highest BCUT2D eigenvalue weighted by Crippen LogP contribution is 2.19. The fourth-order valence-electron chi connectivity index (χ4n) is 1.59. The Bertz CT molecular complexity index is 508. The Balaban J connectivity index is 1.90. The van der Waals surface area contributed by atoms with Gasteiger partial charge in [-0.15, -0.1) is 0 Å². The fourth-order valence-corrected chi connectivity index (χ4v) is 2.65. The fraction of sp³-hybridized carbons (Fsp3) is 0.231. The zero-order valence-corrected chi connectivity index (χ0v) is 11.2. The number of nitrogens with one attached hydrogen (secondary N) is 1. The predicted octanol–water partition coefficient (Wildman–Crippen LogP) is 3.58. The molecule has 0 aliphatic heterocycles. The molecule has 2 aromatic rings. The molecule has 1 aromatic heterocycles. The van der Waals surface area contributed by atoms with E-state index in [0.29, 0.717) is 10.7 Å². The minimum atomic E-state index is 0.621. The Kier molecular flexibility index (Phi) is 4.05. The summed E-state index contributed by atoms with van der Waals surface area (Å²) >= 11 is 7.71. The zero-order chi connectivity index (χ0) is 12.3. The molecule has 0 fully saturated rings. The third kappa shape index (κ3) is 3.22. The van der Waals surface area contributed by atoms with E-state index in [9.17, 15) is 0 Å². The van der Waals surface area contributed by atoms with Crippen molar-refractivity contribution in [3.63, 3.8) is 0 Å². The Morgan fingerprint density at radius 1 is 1.29 bits per heavy atom. The van der Waals surface area contributed by atoms with E-state index < -0.39 is 0 Å². The maximum Gasteiger partial charge on any atom is 0.0638 e. The molecule has 0 saturated carbocycles. The van der Waals surface area contributed by atoms with Crippen LogP contribution in [0.2, 0.25) is 5.02 Å². The Labute approximate surface area is 110 Å². The van der Waals surface area contributed by atoms with E-state index in [1.165, 1.54) is 11.1 Å². The molecule has 0 bridgehead atoms. The molecule has 2 rings (SSSR count). The number of halogens is 1. The second-order valence-electron chi connectivity index (χ2n) is 4.04. The monoisotopic (exact) mass is 266 g/mol. The van der Waals surface area contributed by atoms with Crippen LogP contribution in [-0.2, 0) is 13.1 Å². The summed E-state index contributed by atoms with van der Waals surface area (Å²) in [4.78, 5) is 0. The van der Waals surface area contributed by atoms with Gasteiger partial charge in [-0.3, -0.25) is 0 Å². The minimum absolute atomic E-state index is 0.621. The van der Waals surface area contributed by atoms with E-state index >= 15 is 0 Å². The molecule has 0 aliphatic rings. The van der Waals surface area contributed by atoms with Gasteiger partial charge in [-0.05, 0) is 46.5 Å². The predicted molar refractivity (Wildman–Crippen MR) is 75.5 cm³/mol. The van der Waals surface area contributed by atoms with Crippen molar-refractivity contribution in [3.05, 3.63) is 50.7 Å². The van der Waals surface area contributed by atoms with Gasteiger partial charge in [0.05, 0.1) is 10.7 Å². The maximum absolute atomic E-state index is 5.97. The summed E-state index contributed by atoms with van der Waals surface area (Å²) < 4.78 is 0. The lowest BCUT2D eigenvalue weighted by atomic mass is 10.2. The first-order chi connectivity index (χ1) is 8.16. The average Bonchev–Trinajstić information content (AvgIpc) is 2.70. The van der Waals surface area contributed by atoms with Gasteiger partial charge in [0.25, 0.3) is 0 Å². The van der Waals surface area contributed by atoms with Gasteiger partial charge in [0.2, 0.25) is 0 Å². The summed E-state index contributed by atoms with van der Waals surface area (Å²) in [5, 5.41) is 8.36. The average molecular weight is 267 g/mol. The van der Waals surface area contributed by atoms with Crippen molar-refractivity contribution >= 4 is 28.6 Å². The van der Waals surface area contributed by atoms with Gasteiger partial charge in [0, 0.05) is 13.1 Å². The summed E-state index contributed by atoms with van der Waals surface area (Å²) in [6, 6.07) is 5.74. The van der Waals surface area contributed by atoms with Crippen molar-refractivity contribution in [1.82, 2.24) is 5.32 Å². The number of hydrogen-bond acceptors (Lipinski definition) is 3. The number of nitrogen functional groups attached to an aromatic ring is 1. The molecule has 3 N–H and O–H groups in total. The second-order valence-corrected chi connectivity index (χ2v) is 5.19. The van der Waals surface area contributed by atoms with Crippen molar-refractivity contribution in [2.24, 2.45) is 0 Å². The number of thiophene rings is 1. The lowest BCUT2D eigenvalue weighted by molar-refractivity contribution is 0.692. The van der Waals surface area contributed by atoms with Crippen molar-refractivity contribution < 1.29 is 0 Å². The molecule has 0 saturated heterocycles. The van der Waals surface area contributed by atoms with Crippen molar-refractivity contribution in [2.75, 3.05) is 5.73 Å². The largest absolute Gasteiger partial charge is 0.398 e. The highest BCUT2D eigenvalue weighted by molar-refractivity contribution is 7.08. The van der Waals surface area contributed by atoms with Crippen LogP contribution in [0.5, 0.6) is 0 Å². The molecule has 0 amide bonds. The Hall–Kier alpha value is -1.03. The van der Waals surface area contributed by atoms with Crippen LogP contribution in [0.25, 0.3) is 0 Å². The molecule has 4 heteroatoms. The van der Waals surface area contributed by atoms with Gasteiger partial charge >= 0.3 is 0 Å². The smallest absolute Gasteiger partial charge is 0.0638 e. The van der Waals surface area contributed by atoms with E-state index in [1.54, 1.807) is 11.3 Å². The van der Waals surface area contributed by atoms with Gasteiger partial charge in [-0.1, -0.05) is 17.7 Å². The molecule has 0 atom stereocenters. The third-order valence-corrected chi connectivity index (χ3v) is 3.91. The lowest BCUT2D eigenvalue weighted by Crippen LogP contribution is -2.12. The summed E-state index contributed by atoms with van der Waals surface area (Å²) in [5.41, 5.74) is 10.1. The molecule has 0 radical (unpaired) electrons. The molecule has 0 unspecified atom stereocenters. The van der Waals surface area contributed by atoms with E-state index in [0.717, 1.165) is 18.7 Å². The molecule has 90 valence electrons. The quantitative estimate of drug-likeness (QED) is 0.830. The van der Waals surface area contributed by atoms with Crippen LogP contribution in [0.3, 0.4) is 0 Å². The summed E-state index contributed by atoms with van der Waals surface area (Å²) in [5.74, 6) is 0. The van der Waals surface area contributed by atoms with Crippen LogP contribution in [0.15, 0.2) is 29.0 Å². The van der Waals surface area contributed by atoms with E-state index in [1.807, 2.05) is 18.2 Å². The standard InChI is InChI=1S/C13H15ClN2S/c1-9-7-17-8-11(9)6-16-5-10-2-3-13(15)12(14)4-10/h2-4,7-8,16H,5-6,15H2,1H3. The molecule has 1 aromatic carbocycles. The molecule has 17 heavy (non-hydrogen) atoms. The first-order valence-electron chi connectivity index (χ1n) is 5.43. The van der Waals surface area contributed by atoms with Gasteiger partial charge < -0.3 is 11.1 Å². The van der Waals surface area contributed by atoms with Gasteiger partial charge in [-0.25, -0.2) is 0 Å². The van der Waals surface area contributed by atoms with Crippen molar-refractivity contribution in [1.29, 1.82) is 0 Å². The summed E-state index contributed by atoms with van der Waals surface area (Å²) in [7, 11) is 0. The first-order valence-corrected chi connectivity index (χ1v) is 6.75. The second kappa shape index (κ2) is 5.54. The van der Waals surface area contributed by atoms with Crippen LogP contribution >= 0.6 is 22.9 Å². The topological polar surface area (TPSA) is 38.0 Å². The van der Waals surface area contributed by atoms with E-state index in [-0.39, 0.29) is 0 Å². The van der Waals surface area contributed by atoms with Gasteiger partial charge in [0.1, 0.15) is 0 Å². The van der Waals surface area contributed by atoms with Crippen LogP contribution in [0.1, 0.15) is 16.7 Å². The number of nitrogens with two attached hydrogens (primary N) is 1. The van der Waals surface area contributed by atoms with Crippen LogP contribution in [-0.4, -0.2) is 0 Å². The summed E-state index contributed by atoms with van der Waals surface area (Å²) in [6.45, 7) is 3.82. The van der Waals surface area contributed by atoms with Gasteiger partial charge in [0.15, 0.2) is 0 Å². The molecule has 0 spiro atoms. The highest BCUT2D eigenvalue weighted by atomic mass is 35.5. The van der Waals surface area contributed by atoms with E-state index in [4.69, 9.17) is 17.3 Å². The number of anilines is 1. The molecule has 1 heterocycles. The minimum Gasteiger partial charge on any atom is -0.398 e. The lowest BCUT2D eigenvalue weighted by Gasteiger charge is -2.06. The molecule has 2 nitrogen and oxygen atoms in total. The third-order valence-electron chi connectivity index (χ3n) is 2.67. The summed E-state index contributed by atoms with van der Waals surface area (Å²) in [6.07, 6.45) is 0. The van der Waals surface area contributed by atoms with E-state index in [2.05, 4.69) is 23.0 Å². The maximum atomic E-state index is 5.97. The normalized spacial score (nSPS) is 10.7. The molecular formula is C13H15ClN2S. The zero-order valence-electron chi connectivity index (χ0n) is 9.66. The number of rotatable bonds is 4. The molecule has 0 aliphatic carbocycles. The van der Waals surface area contributed by atoms with Crippen LogP contribution < -0.4 is 11.1 Å². The Morgan fingerprint density at radius 2 is 2.12 bits per heavy atom. The number of aryl methyl sites for hydroxylation is 1. The Morgan fingerprint density at radius 3 is 2.76 bits per heavy atom. The highest BCUT2D eigenvalue weighted by Gasteiger charge is 2.00. The SMILES string of the molecule is Cc1cscc1CNCc1ccc(N)c(Cl)c1. The van der Waals surface area contributed by atoms with Crippen molar-refractivity contribution in [3.8, 4) is 0 Å². The van der Waals surface area contributed by atoms with Crippen molar-refractivity contribution in [2.45, 2.75) is 20.0 Å².